The van der Waals surface area contributed by atoms with Gasteiger partial charge in [0.25, 0.3) is 0 Å². The van der Waals surface area contributed by atoms with Gasteiger partial charge in [0.1, 0.15) is 5.75 Å². The number of ether oxygens (including phenoxy) is 1. The molecule has 0 spiro atoms. The fourth-order valence-corrected chi connectivity index (χ4v) is 1.97. The summed E-state index contributed by atoms with van der Waals surface area (Å²) in [7, 11) is 0. The molecule has 0 aliphatic rings. The third-order valence-electron chi connectivity index (χ3n) is 2.67. The average molecular weight is 276 g/mol. The second-order valence-corrected chi connectivity index (χ2v) is 4.46. The Labute approximate surface area is 117 Å². The number of carbonyl (C=O) groups excluding carboxylic acids is 1. The van der Waals surface area contributed by atoms with Crippen molar-refractivity contribution in [1.82, 2.24) is 0 Å². The van der Waals surface area contributed by atoms with Crippen LogP contribution in [0.3, 0.4) is 0 Å². The summed E-state index contributed by atoms with van der Waals surface area (Å²) in [5.74, 6) is 0.525. The molecule has 0 fully saturated rings. The Bertz CT molecular complexity index is 611. The van der Waals surface area contributed by atoms with Crippen LogP contribution < -0.4 is 10.5 Å². The lowest BCUT2D eigenvalue weighted by molar-refractivity contribution is 0.103. The molecular formula is C15H14ClNO2. The number of hydrogen-bond donors (Lipinski definition) is 1. The number of rotatable bonds is 4. The molecule has 3 nitrogen and oxygen atoms in total. The third kappa shape index (κ3) is 3.06. The maximum Gasteiger partial charge on any atom is 0.195 e. The van der Waals surface area contributed by atoms with Crippen LogP contribution in [0.2, 0.25) is 5.02 Å². The van der Waals surface area contributed by atoms with Gasteiger partial charge in [-0.3, -0.25) is 4.79 Å². The fraction of sp³-hybridized carbons (Fsp3) is 0.133. The Kier molecular flexibility index (Phi) is 4.07. The smallest absolute Gasteiger partial charge is 0.195 e. The van der Waals surface area contributed by atoms with E-state index in [0.29, 0.717) is 34.2 Å². The Hall–Kier alpha value is -2.00. The number of anilines is 1. The number of ketones is 1. The molecule has 0 bridgehead atoms. The second kappa shape index (κ2) is 5.76. The molecule has 0 atom stereocenters. The Morgan fingerprint density at radius 3 is 2.74 bits per heavy atom. The van der Waals surface area contributed by atoms with Crippen molar-refractivity contribution < 1.29 is 9.53 Å². The summed E-state index contributed by atoms with van der Waals surface area (Å²) in [5.41, 5.74) is 7.18. The minimum absolute atomic E-state index is 0.143. The number of nitrogen functional groups attached to an aromatic ring is 1. The van der Waals surface area contributed by atoms with Gasteiger partial charge in [-0.1, -0.05) is 23.7 Å². The third-order valence-corrected chi connectivity index (χ3v) is 2.90. The van der Waals surface area contributed by atoms with Gasteiger partial charge < -0.3 is 10.5 Å². The standard InChI is InChI=1S/C15H14ClNO2/c1-2-19-12-5-3-4-10(8-12)15(18)13-7-6-11(16)9-14(13)17/h3-9H,2,17H2,1H3. The van der Waals surface area contributed by atoms with Gasteiger partial charge in [0, 0.05) is 21.8 Å². The maximum atomic E-state index is 12.4. The van der Waals surface area contributed by atoms with E-state index in [1.54, 1.807) is 36.4 Å². The van der Waals surface area contributed by atoms with Gasteiger partial charge in [0.15, 0.2) is 5.78 Å². The van der Waals surface area contributed by atoms with Crippen LogP contribution in [0.1, 0.15) is 22.8 Å². The quantitative estimate of drug-likeness (QED) is 0.686. The summed E-state index contributed by atoms with van der Waals surface area (Å²) >= 11 is 5.82. The van der Waals surface area contributed by atoms with Crippen molar-refractivity contribution in [2.45, 2.75) is 6.92 Å². The highest BCUT2D eigenvalue weighted by Gasteiger charge is 2.13. The first-order valence-electron chi connectivity index (χ1n) is 5.94. The first kappa shape index (κ1) is 13.4. The van der Waals surface area contributed by atoms with E-state index in [1.165, 1.54) is 0 Å². The SMILES string of the molecule is CCOc1cccc(C(=O)c2ccc(Cl)cc2N)c1. The highest BCUT2D eigenvalue weighted by atomic mass is 35.5. The minimum Gasteiger partial charge on any atom is -0.494 e. The van der Waals surface area contributed by atoms with Crippen LogP contribution in [0.25, 0.3) is 0 Å². The topological polar surface area (TPSA) is 52.3 Å². The molecule has 0 heterocycles. The zero-order valence-corrected chi connectivity index (χ0v) is 11.3. The Balaban J connectivity index is 2.35. The minimum atomic E-state index is -0.143. The van der Waals surface area contributed by atoms with E-state index in [0.717, 1.165) is 0 Å². The van der Waals surface area contributed by atoms with E-state index in [1.807, 2.05) is 13.0 Å². The van der Waals surface area contributed by atoms with Crippen molar-refractivity contribution in [1.29, 1.82) is 0 Å². The molecule has 19 heavy (non-hydrogen) atoms. The summed E-state index contributed by atoms with van der Waals surface area (Å²) in [5, 5.41) is 0.511. The molecule has 0 unspecified atom stereocenters. The summed E-state index contributed by atoms with van der Waals surface area (Å²) in [4.78, 5) is 12.4. The monoisotopic (exact) mass is 275 g/mol. The number of hydrogen-bond acceptors (Lipinski definition) is 3. The van der Waals surface area contributed by atoms with Crippen molar-refractivity contribution >= 4 is 23.1 Å². The molecule has 98 valence electrons. The molecular weight excluding hydrogens is 262 g/mol. The van der Waals surface area contributed by atoms with Gasteiger partial charge in [-0.2, -0.15) is 0 Å². The van der Waals surface area contributed by atoms with E-state index in [9.17, 15) is 4.79 Å². The van der Waals surface area contributed by atoms with Gasteiger partial charge in [-0.05, 0) is 37.3 Å². The lowest BCUT2D eigenvalue weighted by Gasteiger charge is -2.07. The van der Waals surface area contributed by atoms with E-state index in [-0.39, 0.29) is 5.78 Å². The summed E-state index contributed by atoms with van der Waals surface area (Å²) in [6.45, 7) is 2.45. The van der Waals surface area contributed by atoms with Crippen molar-refractivity contribution in [3.8, 4) is 5.75 Å². The van der Waals surface area contributed by atoms with Crippen LogP contribution in [-0.2, 0) is 0 Å². The van der Waals surface area contributed by atoms with E-state index < -0.39 is 0 Å². The Morgan fingerprint density at radius 2 is 2.05 bits per heavy atom. The van der Waals surface area contributed by atoms with Crippen molar-refractivity contribution in [2.24, 2.45) is 0 Å². The normalized spacial score (nSPS) is 10.2. The van der Waals surface area contributed by atoms with Crippen LogP contribution in [0.15, 0.2) is 42.5 Å². The van der Waals surface area contributed by atoms with Gasteiger partial charge in [-0.25, -0.2) is 0 Å². The van der Waals surface area contributed by atoms with Crippen LogP contribution >= 0.6 is 11.6 Å². The molecule has 0 aliphatic carbocycles. The van der Waals surface area contributed by atoms with E-state index in [2.05, 4.69) is 0 Å². The predicted octanol–water partition coefficient (Wildman–Crippen LogP) is 3.55. The van der Waals surface area contributed by atoms with Gasteiger partial charge in [0.2, 0.25) is 0 Å². The molecule has 2 aromatic rings. The molecule has 2 N–H and O–H groups in total. The number of carbonyl (C=O) groups is 1. The molecule has 0 saturated heterocycles. The zero-order chi connectivity index (χ0) is 13.8. The van der Waals surface area contributed by atoms with Crippen molar-refractivity contribution in [3.63, 3.8) is 0 Å². The van der Waals surface area contributed by atoms with Gasteiger partial charge in [0.05, 0.1) is 6.61 Å². The predicted molar refractivity (Wildman–Crippen MR) is 76.9 cm³/mol. The first-order valence-corrected chi connectivity index (χ1v) is 6.32. The molecule has 2 aromatic carbocycles. The van der Waals surface area contributed by atoms with E-state index >= 15 is 0 Å². The number of halogens is 1. The molecule has 0 radical (unpaired) electrons. The van der Waals surface area contributed by atoms with Crippen LogP contribution in [-0.4, -0.2) is 12.4 Å². The first-order chi connectivity index (χ1) is 9.11. The van der Waals surface area contributed by atoms with Gasteiger partial charge >= 0.3 is 0 Å². The zero-order valence-electron chi connectivity index (χ0n) is 10.5. The summed E-state index contributed by atoms with van der Waals surface area (Å²) < 4.78 is 5.38. The summed E-state index contributed by atoms with van der Waals surface area (Å²) in [6, 6.07) is 11.9. The lowest BCUT2D eigenvalue weighted by atomic mass is 10.0. The van der Waals surface area contributed by atoms with Crippen LogP contribution in [0.5, 0.6) is 5.75 Å². The largest absolute Gasteiger partial charge is 0.494 e. The average Bonchev–Trinajstić information content (AvgIpc) is 2.39. The molecule has 0 aliphatic heterocycles. The lowest BCUT2D eigenvalue weighted by Crippen LogP contribution is -2.05. The van der Waals surface area contributed by atoms with Crippen LogP contribution in [0.4, 0.5) is 5.69 Å². The molecule has 0 amide bonds. The fourth-order valence-electron chi connectivity index (χ4n) is 1.79. The molecule has 0 saturated carbocycles. The van der Waals surface area contributed by atoms with Crippen molar-refractivity contribution in [3.05, 3.63) is 58.6 Å². The van der Waals surface area contributed by atoms with Crippen LogP contribution in [0, 0.1) is 0 Å². The highest BCUT2D eigenvalue weighted by Crippen LogP contribution is 2.22. The number of nitrogens with two attached hydrogens (primary N) is 1. The van der Waals surface area contributed by atoms with Crippen molar-refractivity contribution in [2.75, 3.05) is 12.3 Å². The molecule has 0 aromatic heterocycles. The molecule has 4 heteroatoms. The Morgan fingerprint density at radius 1 is 1.26 bits per heavy atom. The summed E-state index contributed by atoms with van der Waals surface area (Å²) in [6.07, 6.45) is 0. The second-order valence-electron chi connectivity index (χ2n) is 4.02. The van der Waals surface area contributed by atoms with E-state index in [4.69, 9.17) is 22.1 Å². The maximum absolute atomic E-state index is 12.4. The number of benzene rings is 2. The molecule has 2 rings (SSSR count). The highest BCUT2D eigenvalue weighted by molar-refractivity contribution is 6.31. The van der Waals surface area contributed by atoms with Gasteiger partial charge in [-0.15, -0.1) is 0 Å².